The Morgan fingerprint density at radius 3 is 2.52 bits per heavy atom. The Hall–Kier alpha value is -2.32. The van der Waals surface area contributed by atoms with Crippen molar-refractivity contribution in [3.63, 3.8) is 0 Å². The van der Waals surface area contributed by atoms with E-state index in [0.717, 1.165) is 5.56 Å². The maximum Gasteiger partial charge on any atom is 0.511 e. The molecule has 8 nitrogen and oxygen atoms in total. The molecule has 0 radical (unpaired) electrons. The van der Waals surface area contributed by atoms with Crippen LogP contribution in [0.3, 0.4) is 0 Å². The number of para-hydroxylation sites is 1. The summed E-state index contributed by atoms with van der Waals surface area (Å²) in [6.07, 6.45) is -0.0772. The number of hydrogen-bond acceptors (Lipinski definition) is 6. The molecular formula is C19H17ClF3N3O5S2. The molecular weight excluding hydrogens is 507 g/mol. The van der Waals surface area contributed by atoms with Crippen molar-refractivity contribution in [3.8, 4) is 0 Å². The molecule has 0 aliphatic rings. The quantitative estimate of drug-likeness (QED) is 0.327. The van der Waals surface area contributed by atoms with Crippen LogP contribution < -0.4 is 10.0 Å². The summed E-state index contributed by atoms with van der Waals surface area (Å²) in [5, 5.41) is 2.95. The Kier molecular flexibility index (Phi) is 7.90. The third kappa shape index (κ3) is 6.38. The topological polar surface area (TPSA) is 124 Å². The van der Waals surface area contributed by atoms with Gasteiger partial charge in [-0.25, -0.2) is 13.1 Å². The Bertz CT molecular complexity index is 1230. The zero-order valence-corrected chi connectivity index (χ0v) is 19.1. The number of fused-ring (bicyclic) bond motifs is 1. The summed E-state index contributed by atoms with van der Waals surface area (Å²) in [6.45, 7) is -0.604. The van der Waals surface area contributed by atoms with Crippen LogP contribution in [0.2, 0.25) is 5.02 Å². The van der Waals surface area contributed by atoms with Crippen LogP contribution in [0.5, 0.6) is 0 Å². The normalized spacial score (nSPS) is 13.2. The number of nitrogens with one attached hydrogen (secondary N) is 2. The van der Waals surface area contributed by atoms with Crippen molar-refractivity contribution in [1.29, 1.82) is 0 Å². The van der Waals surface area contributed by atoms with Crippen molar-refractivity contribution in [1.82, 2.24) is 15.0 Å². The van der Waals surface area contributed by atoms with Crippen LogP contribution in [-0.2, 0) is 27.0 Å². The lowest BCUT2D eigenvalue weighted by Crippen LogP contribution is -2.38. The van der Waals surface area contributed by atoms with E-state index in [1.54, 1.807) is 30.3 Å². The molecule has 2 N–H and O–H groups in total. The number of halogens is 4. The fourth-order valence-electron chi connectivity index (χ4n) is 2.68. The molecule has 3 rings (SSSR count). The number of aromatic nitrogens is 1. The molecule has 1 aromatic heterocycles. The fraction of sp³-hybridized carbons (Fsp3) is 0.263. The van der Waals surface area contributed by atoms with Gasteiger partial charge in [-0.1, -0.05) is 29.8 Å². The van der Waals surface area contributed by atoms with E-state index in [1.165, 1.54) is 16.9 Å². The lowest BCUT2D eigenvalue weighted by Gasteiger charge is -2.09. The number of alkyl halides is 3. The number of nitrogens with zero attached hydrogens (tertiary/aromatic N) is 1. The van der Waals surface area contributed by atoms with Crippen molar-refractivity contribution in [2.24, 2.45) is 0 Å². The molecule has 0 bridgehead atoms. The van der Waals surface area contributed by atoms with Crippen LogP contribution in [0.1, 0.15) is 22.3 Å². The largest absolute Gasteiger partial charge is 0.607 e. The molecule has 1 atom stereocenters. The average molecular weight is 524 g/mol. The minimum Gasteiger partial charge on any atom is -0.607 e. The second-order valence-electron chi connectivity index (χ2n) is 6.70. The molecule has 0 spiro atoms. The Labute approximate surface area is 194 Å². The molecule has 0 fully saturated rings. The van der Waals surface area contributed by atoms with E-state index in [2.05, 4.69) is 10.3 Å². The number of carbonyl (C=O) groups excluding carboxylic acids is 1. The van der Waals surface area contributed by atoms with Crippen LogP contribution in [-0.4, -0.2) is 42.5 Å². The first-order chi connectivity index (χ1) is 15.5. The van der Waals surface area contributed by atoms with Crippen molar-refractivity contribution in [2.45, 2.75) is 22.9 Å². The fourth-order valence-corrected chi connectivity index (χ4v) is 4.37. The van der Waals surface area contributed by atoms with Gasteiger partial charge in [-0.15, -0.1) is 0 Å². The number of rotatable bonds is 9. The smallest absolute Gasteiger partial charge is 0.511 e. The van der Waals surface area contributed by atoms with E-state index in [4.69, 9.17) is 16.0 Å². The molecule has 0 aliphatic carbocycles. The average Bonchev–Trinajstić information content (AvgIpc) is 3.18. The van der Waals surface area contributed by atoms with E-state index in [0.29, 0.717) is 5.02 Å². The summed E-state index contributed by atoms with van der Waals surface area (Å²) < 4.78 is 78.3. The van der Waals surface area contributed by atoms with Gasteiger partial charge in [0.15, 0.2) is 5.58 Å². The number of oxazole rings is 1. The van der Waals surface area contributed by atoms with E-state index in [9.17, 15) is 30.9 Å². The maximum atomic E-state index is 12.6. The molecule has 178 valence electrons. The van der Waals surface area contributed by atoms with Gasteiger partial charge in [0.25, 0.3) is 5.91 Å². The standard InChI is InChI=1S/C19H17ClF3N3O5S2/c20-13-7-5-12(6-8-13)11-32(28)18-26-16-14(3-1-4-15(16)31-18)17(27)24-9-2-10-25-33(29,30)19(21,22)23/h1,3-8,25H,2,9-11H2,(H,24,27). The first kappa shape index (κ1) is 25.3. The second-order valence-corrected chi connectivity index (χ2v) is 10.2. The van der Waals surface area contributed by atoms with Crippen molar-refractivity contribution < 1.29 is 35.4 Å². The monoisotopic (exact) mass is 523 g/mol. The SMILES string of the molecule is O=C(NCCCNS(=O)(=O)C(F)(F)F)c1cccc2oc([S+]([O-])Cc3ccc(Cl)cc3)nc12. The zero-order chi connectivity index (χ0) is 24.2. The van der Waals surface area contributed by atoms with Gasteiger partial charge >= 0.3 is 20.8 Å². The highest BCUT2D eigenvalue weighted by molar-refractivity contribution is 7.90. The van der Waals surface area contributed by atoms with Gasteiger partial charge in [-0.05, 0) is 30.7 Å². The third-order valence-corrected chi connectivity index (χ3v) is 6.89. The molecule has 0 aliphatic heterocycles. The van der Waals surface area contributed by atoms with E-state index >= 15 is 0 Å². The highest BCUT2D eigenvalue weighted by Gasteiger charge is 2.45. The maximum absolute atomic E-state index is 12.6. The molecule has 33 heavy (non-hydrogen) atoms. The van der Waals surface area contributed by atoms with Gasteiger partial charge in [0, 0.05) is 23.7 Å². The van der Waals surface area contributed by atoms with E-state index < -0.39 is 39.2 Å². The zero-order valence-electron chi connectivity index (χ0n) is 16.7. The molecule has 0 saturated carbocycles. The van der Waals surface area contributed by atoms with Crippen LogP contribution in [0.15, 0.2) is 52.1 Å². The van der Waals surface area contributed by atoms with Gasteiger partial charge in [0.1, 0.15) is 11.3 Å². The van der Waals surface area contributed by atoms with Crippen LogP contribution in [0.25, 0.3) is 11.1 Å². The number of benzene rings is 2. The Morgan fingerprint density at radius 2 is 1.85 bits per heavy atom. The second kappa shape index (κ2) is 10.3. The Morgan fingerprint density at radius 1 is 1.15 bits per heavy atom. The summed E-state index contributed by atoms with van der Waals surface area (Å²) in [7, 11) is -5.43. The van der Waals surface area contributed by atoms with Gasteiger partial charge < -0.3 is 14.3 Å². The molecule has 3 aromatic rings. The van der Waals surface area contributed by atoms with Gasteiger partial charge in [-0.3, -0.25) is 4.79 Å². The number of sulfonamides is 1. The van der Waals surface area contributed by atoms with Gasteiger partial charge in [0.05, 0.1) is 16.7 Å². The number of hydrogen-bond donors (Lipinski definition) is 2. The lowest BCUT2D eigenvalue weighted by atomic mass is 10.2. The molecule has 14 heteroatoms. The highest BCUT2D eigenvalue weighted by atomic mass is 35.5. The highest BCUT2D eigenvalue weighted by Crippen LogP contribution is 2.25. The number of carbonyl (C=O) groups is 1. The first-order valence-corrected chi connectivity index (χ1v) is 12.5. The van der Waals surface area contributed by atoms with Crippen LogP contribution in [0, 0.1) is 0 Å². The third-order valence-electron chi connectivity index (χ3n) is 4.29. The number of amides is 1. The van der Waals surface area contributed by atoms with Gasteiger partial charge in [0.2, 0.25) is 0 Å². The summed E-state index contributed by atoms with van der Waals surface area (Å²) in [5.74, 6) is -0.470. The predicted molar refractivity (Wildman–Crippen MR) is 116 cm³/mol. The molecule has 1 unspecified atom stereocenters. The minimum atomic E-state index is -5.43. The van der Waals surface area contributed by atoms with E-state index in [-0.39, 0.29) is 40.6 Å². The molecule has 2 aromatic carbocycles. The minimum absolute atomic E-state index is 0.0678. The van der Waals surface area contributed by atoms with Crippen molar-refractivity contribution >= 4 is 49.8 Å². The summed E-state index contributed by atoms with van der Waals surface area (Å²) in [5.41, 5.74) is -4.13. The van der Waals surface area contributed by atoms with Gasteiger partial charge in [-0.2, -0.15) is 18.2 Å². The summed E-state index contributed by atoms with van der Waals surface area (Å²) in [6, 6.07) is 11.3. The van der Waals surface area contributed by atoms with Crippen molar-refractivity contribution in [3.05, 3.63) is 58.6 Å². The van der Waals surface area contributed by atoms with Crippen LogP contribution in [0.4, 0.5) is 13.2 Å². The Balaban J connectivity index is 1.62. The summed E-state index contributed by atoms with van der Waals surface area (Å²) in [4.78, 5) is 16.7. The molecule has 0 saturated heterocycles. The van der Waals surface area contributed by atoms with Crippen molar-refractivity contribution in [2.75, 3.05) is 13.1 Å². The van der Waals surface area contributed by atoms with Crippen LogP contribution >= 0.6 is 11.6 Å². The molecule has 1 heterocycles. The predicted octanol–water partition coefficient (Wildman–Crippen LogP) is 3.35. The van der Waals surface area contributed by atoms with E-state index in [1.807, 2.05) is 0 Å². The lowest BCUT2D eigenvalue weighted by molar-refractivity contribution is -0.0447. The molecule has 1 amide bonds. The first-order valence-electron chi connectivity index (χ1n) is 9.34. The summed E-state index contributed by atoms with van der Waals surface area (Å²) >= 11 is 4.21.